The van der Waals surface area contributed by atoms with Gasteiger partial charge in [0.15, 0.2) is 5.96 Å². The second-order valence-corrected chi connectivity index (χ2v) is 7.50. The summed E-state index contributed by atoms with van der Waals surface area (Å²) in [5.41, 5.74) is 2.45. The monoisotopic (exact) mass is 425 g/mol. The van der Waals surface area contributed by atoms with Gasteiger partial charge in [-0.15, -0.1) is 0 Å². The molecule has 0 spiro atoms. The topological polar surface area (TPSA) is 51.2 Å². The minimum absolute atomic E-state index is 0.0630. The van der Waals surface area contributed by atoms with Crippen LogP contribution in [0.4, 0.5) is 10.1 Å². The number of halogens is 1. The maximum atomic E-state index is 14.1. The van der Waals surface area contributed by atoms with Crippen molar-refractivity contribution in [1.82, 2.24) is 15.1 Å². The van der Waals surface area contributed by atoms with Crippen molar-refractivity contribution < 1.29 is 9.18 Å². The lowest BCUT2D eigenvalue weighted by atomic mass is 10.1. The molecule has 1 N–H and O–H groups in total. The largest absolute Gasteiger partial charge is 0.366 e. The number of aliphatic imine (C=N–C) groups is 1. The summed E-state index contributed by atoms with van der Waals surface area (Å²) >= 11 is 0. The van der Waals surface area contributed by atoms with Gasteiger partial charge in [0.2, 0.25) is 0 Å². The van der Waals surface area contributed by atoms with Gasteiger partial charge in [0.1, 0.15) is 5.82 Å². The van der Waals surface area contributed by atoms with Crippen LogP contribution in [-0.2, 0) is 6.54 Å². The zero-order chi connectivity index (χ0) is 22.2. The molecule has 0 unspecified atom stereocenters. The van der Waals surface area contributed by atoms with Gasteiger partial charge in [0.25, 0.3) is 5.91 Å². The first kappa shape index (κ1) is 22.6. The van der Waals surface area contributed by atoms with Crippen LogP contribution in [0, 0.1) is 5.82 Å². The number of anilines is 1. The normalized spacial score (nSPS) is 14.5. The standard InChI is InChI=1S/C24H32FN5O/c1-4-28(5-2)23(31)20-12-10-19(11-13-20)18-27-24(26-3)30-16-14-29(15-17-30)22-9-7-6-8-21(22)25/h6-13H,4-5,14-18H2,1-3H3,(H,26,27). The van der Waals surface area contributed by atoms with Crippen LogP contribution in [-0.4, -0.2) is 68.0 Å². The Kier molecular flexibility index (Phi) is 7.87. The maximum absolute atomic E-state index is 14.1. The molecule has 2 aromatic carbocycles. The van der Waals surface area contributed by atoms with Crippen LogP contribution in [0.15, 0.2) is 53.5 Å². The van der Waals surface area contributed by atoms with E-state index in [1.165, 1.54) is 6.07 Å². The number of piperazine rings is 1. The van der Waals surface area contributed by atoms with Crippen LogP contribution in [0.2, 0.25) is 0 Å². The number of carbonyl (C=O) groups excluding carboxylic acids is 1. The molecule has 6 nitrogen and oxygen atoms in total. The molecule has 31 heavy (non-hydrogen) atoms. The van der Waals surface area contributed by atoms with E-state index in [-0.39, 0.29) is 11.7 Å². The zero-order valence-electron chi connectivity index (χ0n) is 18.6. The predicted molar refractivity (Wildman–Crippen MR) is 124 cm³/mol. The Hall–Kier alpha value is -3.09. The Morgan fingerprint density at radius 3 is 2.26 bits per heavy atom. The molecule has 166 valence electrons. The third-order valence-electron chi connectivity index (χ3n) is 5.69. The maximum Gasteiger partial charge on any atom is 0.253 e. The highest BCUT2D eigenvalue weighted by atomic mass is 19.1. The molecule has 1 heterocycles. The van der Waals surface area contributed by atoms with Crippen LogP contribution in [0.25, 0.3) is 0 Å². The second kappa shape index (κ2) is 10.8. The zero-order valence-corrected chi connectivity index (χ0v) is 18.6. The Morgan fingerprint density at radius 2 is 1.68 bits per heavy atom. The van der Waals surface area contributed by atoms with Gasteiger partial charge in [-0.2, -0.15) is 0 Å². The number of nitrogens with one attached hydrogen (secondary N) is 1. The number of benzene rings is 2. The number of para-hydroxylation sites is 1. The number of guanidine groups is 1. The van der Waals surface area contributed by atoms with Gasteiger partial charge in [0, 0.05) is 58.4 Å². The Labute approximate surface area is 184 Å². The van der Waals surface area contributed by atoms with Crippen molar-refractivity contribution in [1.29, 1.82) is 0 Å². The highest BCUT2D eigenvalue weighted by Gasteiger charge is 2.21. The van der Waals surface area contributed by atoms with Gasteiger partial charge in [-0.3, -0.25) is 9.79 Å². The van der Waals surface area contributed by atoms with E-state index in [9.17, 15) is 9.18 Å². The molecule has 0 aromatic heterocycles. The summed E-state index contributed by atoms with van der Waals surface area (Å²) in [6, 6.07) is 14.6. The molecule has 0 radical (unpaired) electrons. The Balaban J connectivity index is 1.53. The molecule has 0 saturated carbocycles. The highest BCUT2D eigenvalue weighted by Crippen LogP contribution is 2.20. The van der Waals surface area contributed by atoms with Crippen molar-refractivity contribution in [2.45, 2.75) is 20.4 Å². The quantitative estimate of drug-likeness (QED) is 0.570. The number of amides is 1. The molecule has 7 heteroatoms. The fourth-order valence-corrected chi connectivity index (χ4v) is 3.84. The predicted octanol–water partition coefficient (Wildman–Crippen LogP) is 3.21. The van der Waals surface area contributed by atoms with Crippen molar-refractivity contribution in [2.75, 3.05) is 51.2 Å². The van der Waals surface area contributed by atoms with Crippen molar-refractivity contribution in [3.8, 4) is 0 Å². The lowest BCUT2D eigenvalue weighted by molar-refractivity contribution is 0.0773. The molecule has 1 saturated heterocycles. The first-order valence-electron chi connectivity index (χ1n) is 10.9. The Morgan fingerprint density at radius 1 is 1.03 bits per heavy atom. The fraction of sp³-hybridized carbons (Fsp3) is 0.417. The molecule has 0 bridgehead atoms. The summed E-state index contributed by atoms with van der Waals surface area (Å²) in [4.78, 5) is 22.9. The summed E-state index contributed by atoms with van der Waals surface area (Å²) in [5, 5.41) is 3.40. The summed E-state index contributed by atoms with van der Waals surface area (Å²) < 4.78 is 14.1. The summed E-state index contributed by atoms with van der Waals surface area (Å²) in [7, 11) is 1.78. The third-order valence-corrected chi connectivity index (χ3v) is 5.69. The first-order valence-corrected chi connectivity index (χ1v) is 10.9. The van der Waals surface area contributed by atoms with Gasteiger partial charge in [0.05, 0.1) is 5.69 Å². The van der Waals surface area contributed by atoms with Crippen molar-refractivity contribution in [3.05, 3.63) is 65.5 Å². The lowest BCUT2D eigenvalue weighted by Gasteiger charge is -2.37. The third kappa shape index (κ3) is 5.54. The van der Waals surface area contributed by atoms with Gasteiger partial charge in [-0.25, -0.2) is 4.39 Å². The smallest absolute Gasteiger partial charge is 0.253 e. The molecule has 0 atom stereocenters. The van der Waals surface area contributed by atoms with Crippen LogP contribution >= 0.6 is 0 Å². The van der Waals surface area contributed by atoms with Crippen LogP contribution in [0.5, 0.6) is 0 Å². The molecule has 3 rings (SSSR count). The van der Waals surface area contributed by atoms with E-state index in [0.29, 0.717) is 30.9 Å². The molecular formula is C24H32FN5O. The van der Waals surface area contributed by atoms with E-state index in [4.69, 9.17) is 0 Å². The molecule has 1 aliphatic heterocycles. The van der Waals surface area contributed by atoms with Gasteiger partial charge in [-0.1, -0.05) is 24.3 Å². The summed E-state index contributed by atoms with van der Waals surface area (Å²) in [5.74, 6) is 0.714. The van der Waals surface area contributed by atoms with Crippen molar-refractivity contribution in [3.63, 3.8) is 0 Å². The summed E-state index contributed by atoms with van der Waals surface area (Å²) in [6.07, 6.45) is 0. The number of carbonyl (C=O) groups is 1. The minimum Gasteiger partial charge on any atom is -0.366 e. The molecule has 0 aliphatic carbocycles. The van der Waals surface area contributed by atoms with Crippen LogP contribution in [0.3, 0.4) is 0 Å². The number of nitrogens with zero attached hydrogens (tertiary/aromatic N) is 4. The SMILES string of the molecule is CCN(CC)C(=O)c1ccc(CNC(=NC)N2CCN(c3ccccc3F)CC2)cc1. The van der Waals surface area contributed by atoms with Crippen LogP contribution < -0.4 is 10.2 Å². The van der Waals surface area contributed by atoms with E-state index in [1.54, 1.807) is 13.1 Å². The van der Waals surface area contributed by atoms with Gasteiger partial charge in [-0.05, 0) is 43.7 Å². The van der Waals surface area contributed by atoms with Crippen molar-refractivity contribution >= 4 is 17.6 Å². The van der Waals surface area contributed by atoms with E-state index in [0.717, 1.165) is 37.7 Å². The average Bonchev–Trinajstić information content (AvgIpc) is 2.81. The Bertz CT molecular complexity index is 887. The van der Waals surface area contributed by atoms with Crippen LogP contribution in [0.1, 0.15) is 29.8 Å². The van der Waals surface area contributed by atoms with E-state index in [2.05, 4.69) is 20.1 Å². The number of hydrogen-bond acceptors (Lipinski definition) is 3. The van der Waals surface area contributed by atoms with Crippen molar-refractivity contribution in [2.24, 2.45) is 4.99 Å². The lowest BCUT2D eigenvalue weighted by Crippen LogP contribution is -2.52. The second-order valence-electron chi connectivity index (χ2n) is 7.50. The average molecular weight is 426 g/mol. The molecule has 1 amide bonds. The minimum atomic E-state index is -0.179. The fourth-order valence-electron chi connectivity index (χ4n) is 3.84. The van der Waals surface area contributed by atoms with E-state index in [1.807, 2.05) is 55.1 Å². The summed E-state index contributed by atoms with van der Waals surface area (Å²) in [6.45, 7) is 9.03. The van der Waals surface area contributed by atoms with Gasteiger partial charge >= 0.3 is 0 Å². The molecule has 1 fully saturated rings. The molecule has 2 aromatic rings. The van der Waals surface area contributed by atoms with Gasteiger partial charge < -0.3 is 20.0 Å². The highest BCUT2D eigenvalue weighted by molar-refractivity contribution is 5.94. The van der Waals surface area contributed by atoms with E-state index < -0.39 is 0 Å². The molecular weight excluding hydrogens is 393 g/mol. The molecule has 1 aliphatic rings. The van der Waals surface area contributed by atoms with E-state index >= 15 is 0 Å². The first-order chi connectivity index (χ1) is 15.1. The number of hydrogen-bond donors (Lipinski definition) is 1. The number of rotatable bonds is 6.